The first-order valence-corrected chi connectivity index (χ1v) is 8.96. The Kier molecular flexibility index (Phi) is 4.62. The van der Waals surface area contributed by atoms with Gasteiger partial charge in [-0.15, -0.1) is 0 Å². The van der Waals surface area contributed by atoms with Gasteiger partial charge in [-0.2, -0.15) is 0 Å². The SMILES string of the molecule is Cc1ncncc1C(=O)N1CC[C@H](Cc2cncc(-c3nccn3C)n2)C1. The molecule has 0 radical (unpaired) electrons. The first-order chi connectivity index (χ1) is 13.1. The maximum absolute atomic E-state index is 12.7. The van der Waals surface area contributed by atoms with Crippen molar-refractivity contribution in [1.29, 1.82) is 0 Å². The number of likely N-dealkylation sites (tertiary alicyclic amines) is 1. The Balaban J connectivity index is 1.44. The van der Waals surface area contributed by atoms with Crippen molar-refractivity contribution >= 4 is 5.91 Å². The van der Waals surface area contributed by atoms with Gasteiger partial charge in [0, 0.05) is 44.9 Å². The van der Waals surface area contributed by atoms with E-state index in [0.717, 1.165) is 36.6 Å². The van der Waals surface area contributed by atoms with E-state index in [9.17, 15) is 4.79 Å². The van der Waals surface area contributed by atoms with Gasteiger partial charge >= 0.3 is 0 Å². The molecule has 3 aromatic rings. The van der Waals surface area contributed by atoms with Crippen LogP contribution < -0.4 is 0 Å². The number of carbonyl (C=O) groups is 1. The summed E-state index contributed by atoms with van der Waals surface area (Å²) in [4.78, 5) is 36.1. The highest BCUT2D eigenvalue weighted by molar-refractivity contribution is 5.95. The average molecular weight is 363 g/mol. The number of carbonyl (C=O) groups excluding carboxylic acids is 1. The van der Waals surface area contributed by atoms with Crippen LogP contribution in [0.15, 0.2) is 37.3 Å². The molecule has 8 heteroatoms. The summed E-state index contributed by atoms with van der Waals surface area (Å²) in [6.07, 6.45) is 12.0. The molecule has 1 fully saturated rings. The number of hydrogen-bond donors (Lipinski definition) is 0. The van der Waals surface area contributed by atoms with E-state index in [-0.39, 0.29) is 5.91 Å². The Morgan fingerprint density at radius 1 is 1.22 bits per heavy atom. The monoisotopic (exact) mass is 363 g/mol. The maximum Gasteiger partial charge on any atom is 0.257 e. The summed E-state index contributed by atoms with van der Waals surface area (Å²) in [5.41, 5.74) is 2.99. The largest absolute Gasteiger partial charge is 0.338 e. The van der Waals surface area contributed by atoms with Crippen LogP contribution in [0.2, 0.25) is 0 Å². The van der Waals surface area contributed by atoms with Crippen molar-refractivity contribution in [2.24, 2.45) is 13.0 Å². The standard InChI is InChI=1S/C19H21N7O/c1-13-16(9-21-12-23-13)19(27)26-5-3-14(11-26)7-15-8-20-10-17(24-15)18-22-4-6-25(18)2/h4,6,8-10,12,14H,3,5,7,11H2,1-2H3/t14-/m1/s1. The Labute approximate surface area is 157 Å². The van der Waals surface area contributed by atoms with Crippen LogP contribution >= 0.6 is 0 Å². The number of aromatic nitrogens is 6. The topological polar surface area (TPSA) is 89.7 Å². The van der Waals surface area contributed by atoms with Crippen molar-refractivity contribution in [1.82, 2.24) is 34.4 Å². The molecule has 4 rings (SSSR count). The average Bonchev–Trinajstić information content (AvgIpc) is 3.31. The summed E-state index contributed by atoms with van der Waals surface area (Å²) in [5.74, 6) is 1.17. The second-order valence-corrected chi connectivity index (χ2v) is 6.89. The van der Waals surface area contributed by atoms with Crippen LogP contribution in [0, 0.1) is 12.8 Å². The quantitative estimate of drug-likeness (QED) is 0.701. The van der Waals surface area contributed by atoms with Gasteiger partial charge in [0.25, 0.3) is 5.91 Å². The number of rotatable bonds is 4. The van der Waals surface area contributed by atoms with Crippen LogP contribution in [0.4, 0.5) is 0 Å². The minimum Gasteiger partial charge on any atom is -0.338 e. The van der Waals surface area contributed by atoms with Crippen LogP contribution in [0.1, 0.15) is 28.2 Å². The number of imidazole rings is 1. The highest BCUT2D eigenvalue weighted by Gasteiger charge is 2.28. The van der Waals surface area contributed by atoms with E-state index in [4.69, 9.17) is 4.98 Å². The zero-order chi connectivity index (χ0) is 18.8. The van der Waals surface area contributed by atoms with Gasteiger partial charge in [0.15, 0.2) is 5.82 Å². The second kappa shape index (κ2) is 7.22. The molecule has 0 aliphatic carbocycles. The fourth-order valence-electron chi connectivity index (χ4n) is 3.48. The van der Waals surface area contributed by atoms with Gasteiger partial charge in [0.05, 0.1) is 23.1 Å². The number of amides is 1. The van der Waals surface area contributed by atoms with Crippen LogP contribution in [0.3, 0.4) is 0 Å². The molecule has 1 amide bonds. The molecular weight excluding hydrogens is 342 g/mol. The molecule has 0 aromatic carbocycles. The van der Waals surface area contributed by atoms with Gasteiger partial charge < -0.3 is 9.47 Å². The normalized spacial score (nSPS) is 16.7. The van der Waals surface area contributed by atoms with Crippen LogP contribution in [0.25, 0.3) is 11.5 Å². The van der Waals surface area contributed by atoms with E-state index < -0.39 is 0 Å². The molecule has 0 unspecified atom stereocenters. The molecule has 1 atom stereocenters. The molecule has 0 saturated carbocycles. The van der Waals surface area contributed by atoms with Crippen LogP contribution in [0.5, 0.6) is 0 Å². The Bertz CT molecular complexity index is 968. The summed E-state index contributed by atoms with van der Waals surface area (Å²) in [7, 11) is 1.94. The Hall–Kier alpha value is -3.16. The van der Waals surface area contributed by atoms with Crippen molar-refractivity contribution < 1.29 is 4.79 Å². The van der Waals surface area contributed by atoms with Gasteiger partial charge in [-0.3, -0.25) is 9.78 Å². The van der Waals surface area contributed by atoms with Gasteiger partial charge in [0.1, 0.15) is 12.0 Å². The Morgan fingerprint density at radius 3 is 2.89 bits per heavy atom. The van der Waals surface area contributed by atoms with Gasteiger partial charge in [-0.05, 0) is 25.7 Å². The molecule has 8 nitrogen and oxygen atoms in total. The minimum absolute atomic E-state index is 0.00319. The molecule has 1 aliphatic heterocycles. The van der Waals surface area contributed by atoms with Crippen LogP contribution in [-0.2, 0) is 13.5 Å². The third kappa shape index (κ3) is 3.55. The van der Waals surface area contributed by atoms with Gasteiger partial charge in [-0.25, -0.2) is 19.9 Å². The number of nitrogens with zero attached hydrogens (tertiary/aromatic N) is 7. The molecule has 1 saturated heterocycles. The molecule has 0 spiro atoms. The summed E-state index contributed by atoms with van der Waals surface area (Å²) >= 11 is 0. The molecule has 138 valence electrons. The Morgan fingerprint density at radius 2 is 2.11 bits per heavy atom. The van der Waals surface area contributed by atoms with E-state index in [2.05, 4.69) is 19.9 Å². The highest BCUT2D eigenvalue weighted by Crippen LogP contribution is 2.23. The third-order valence-corrected chi connectivity index (χ3v) is 4.95. The molecule has 0 bridgehead atoms. The minimum atomic E-state index is 0.00319. The molecule has 3 aromatic heterocycles. The summed E-state index contributed by atoms with van der Waals surface area (Å²) < 4.78 is 1.92. The van der Waals surface area contributed by atoms with E-state index in [1.807, 2.05) is 29.6 Å². The predicted molar refractivity (Wildman–Crippen MR) is 98.7 cm³/mol. The van der Waals surface area contributed by atoms with E-state index >= 15 is 0 Å². The van der Waals surface area contributed by atoms with E-state index in [1.165, 1.54) is 6.33 Å². The van der Waals surface area contributed by atoms with Crippen molar-refractivity contribution in [2.45, 2.75) is 19.8 Å². The lowest BCUT2D eigenvalue weighted by molar-refractivity contribution is 0.0785. The summed E-state index contributed by atoms with van der Waals surface area (Å²) in [5, 5.41) is 0. The number of aryl methyl sites for hydroxylation is 2. The van der Waals surface area contributed by atoms with Crippen molar-refractivity contribution in [3.05, 3.63) is 54.3 Å². The summed E-state index contributed by atoms with van der Waals surface area (Å²) in [6.45, 7) is 3.28. The first-order valence-electron chi connectivity index (χ1n) is 8.96. The summed E-state index contributed by atoms with van der Waals surface area (Å²) in [6, 6.07) is 0. The zero-order valence-electron chi connectivity index (χ0n) is 15.4. The molecule has 4 heterocycles. The second-order valence-electron chi connectivity index (χ2n) is 6.89. The molecule has 27 heavy (non-hydrogen) atoms. The van der Waals surface area contributed by atoms with Crippen molar-refractivity contribution in [3.8, 4) is 11.5 Å². The lowest BCUT2D eigenvalue weighted by Crippen LogP contribution is -2.29. The third-order valence-electron chi connectivity index (χ3n) is 4.95. The first kappa shape index (κ1) is 17.3. The van der Waals surface area contributed by atoms with Crippen molar-refractivity contribution in [3.63, 3.8) is 0 Å². The molecular formula is C19H21N7O. The van der Waals surface area contributed by atoms with E-state index in [1.54, 1.807) is 24.8 Å². The lowest BCUT2D eigenvalue weighted by Gasteiger charge is -2.17. The van der Waals surface area contributed by atoms with Gasteiger partial charge in [-0.1, -0.05) is 0 Å². The van der Waals surface area contributed by atoms with Crippen molar-refractivity contribution in [2.75, 3.05) is 13.1 Å². The fraction of sp³-hybridized carbons (Fsp3) is 0.368. The predicted octanol–water partition coefficient (Wildman–Crippen LogP) is 1.68. The zero-order valence-corrected chi connectivity index (χ0v) is 15.4. The smallest absolute Gasteiger partial charge is 0.257 e. The number of hydrogen-bond acceptors (Lipinski definition) is 6. The van der Waals surface area contributed by atoms with Crippen LogP contribution in [-0.4, -0.2) is 53.4 Å². The highest BCUT2D eigenvalue weighted by atomic mass is 16.2. The van der Waals surface area contributed by atoms with Gasteiger partial charge in [0.2, 0.25) is 0 Å². The molecule has 1 aliphatic rings. The lowest BCUT2D eigenvalue weighted by atomic mass is 10.0. The van der Waals surface area contributed by atoms with E-state index in [0.29, 0.717) is 23.7 Å². The fourth-order valence-corrected chi connectivity index (χ4v) is 3.48. The molecule has 0 N–H and O–H groups in total. The maximum atomic E-state index is 12.7.